The molecule has 3 unspecified atom stereocenters. The molecule has 0 bridgehead atoms. The van der Waals surface area contributed by atoms with E-state index in [0.29, 0.717) is 18.7 Å². The topological polar surface area (TPSA) is 88.1 Å². The molecule has 1 fully saturated rings. The van der Waals surface area contributed by atoms with E-state index in [4.69, 9.17) is 9.47 Å². The van der Waals surface area contributed by atoms with Crippen molar-refractivity contribution in [1.82, 2.24) is 4.90 Å². The van der Waals surface area contributed by atoms with Crippen molar-refractivity contribution in [1.29, 1.82) is 0 Å². The van der Waals surface area contributed by atoms with Gasteiger partial charge < -0.3 is 19.5 Å². The monoisotopic (exact) mass is 508 g/mol. The Hall–Kier alpha value is -3.01. The molecule has 0 radical (unpaired) electrons. The lowest BCUT2D eigenvalue weighted by Crippen LogP contribution is -2.37. The number of hydrogen-bond donors (Lipinski definition) is 2. The van der Waals surface area contributed by atoms with Gasteiger partial charge in [-0.05, 0) is 42.4 Å². The fourth-order valence-corrected chi connectivity index (χ4v) is 5.31. The van der Waals surface area contributed by atoms with Gasteiger partial charge in [0.1, 0.15) is 0 Å². The van der Waals surface area contributed by atoms with Gasteiger partial charge in [0.15, 0.2) is 6.29 Å². The van der Waals surface area contributed by atoms with Crippen molar-refractivity contribution in [3.63, 3.8) is 0 Å². The number of aliphatic hydroxyl groups excluding tert-OH is 1. The molecule has 0 aliphatic carbocycles. The van der Waals surface area contributed by atoms with Gasteiger partial charge in [-0.2, -0.15) is 0 Å². The van der Waals surface area contributed by atoms with Crippen LogP contribution in [-0.4, -0.2) is 44.7 Å². The minimum atomic E-state index is -3.72. The van der Waals surface area contributed by atoms with Crippen molar-refractivity contribution in [2.75, 3.05) is 24.9 Å². The van der Waals surface area contributed by atoms with Crippen molar-refractivity contribution in [2.24, 2.45) is 0 Å². The van der Waals surface area contributed by atoms with Gasteiger partial charge in [0.2, 0.25) is 0 Å². The summed E-state index contributed by atoms with van der Waals surface area (Å²) >= 11 is 0. The number of aliphatic hydroxyl groups is 1. The Bertz CT molecular complexity index is 1250. The van der Waals surface area contributed by atoms with Gasteiger partial charge in [-0.25, -0.2) is 8.42 Å². The van der Waals surface area contributed by atoms with Crippen molar-refractivity contribution in [3.05, 3.63) is 108 Å². The van der Waals surface area contributed by atoms with Gasteiger partial charge in [0.05, 0.1) is 23.7 Å². The largest absolute Gasteiger partial charge is 0.392 e. The van der Waals surface area contributed by atoms with E-state index >= 15 is 0 Å². The van der Waals surface area contributed by atoms with Crippen molar-refractivity contribution in [3.8, 4) is 0 Å². The second-order valence-electron chi connectivity index (χ2n) is 8.90. The number of benzene rings is 3. The van der Waals surface area contributed by atoms with Crippen LogP contribution >= 0.6 is 0 Å². The van der Waals surface area contributed by atoms with E-state index in [-0.39, 0.29) is 23.7 Å². The minimum Gasteiger partial charge on any atom is -0.392 e. The van der Waals surface area contributed by atoms with Crippen LogP contribution in [0.4, 0.5) is 5.69 Å². The molecular weight excluding hydrogens is 476 g/mol. The maximum absolute atomic E-state index is 12.8. The number of ether oxygens (including phenoxy) is 2. The van der Waals surface area contributed by atoms with Crippen LogP contribution in [0.3, 0.4) is 0 Å². The molecule has 1 aliphatic rings. The zero-order chi connectivity index (χ0) is 25.5. The highest BCUT2D eigenvalue weighted by atomic mass is 32.2. The normalized spacial score (nSPS) is 20.2. The zero-order valence-corrected chi connectivity index (χ0v) is 21.1. The van der Waals surface area contributed by atoms with Gasteiger partial charge >= 0.3 is 0 Å². The molecule has 2 N–H and O–H groups in total. The third kappa shape index (κ3) is 6.60. The maximum atomic E-state index is 12.8. The van der Waals surface area contributed by atoms with E-state index in [1.54, 1.807) is 48.5 Å². The SMILES string of the molecule is C=CCN(C)CC1CC(c2ccc(CO)cc2)OC(c2cccc(NS(=O)(=O)c3ccccc3)c2)O1. The van der Waals surface area contributed by atoms with Gasteiger partial charge in [-0.3, -0.25) is 4.72 Å². The van der Waals surface area contributed by atoms with Gasteiger partial charge in [-0.15, -0.1) is 6.58 Å². The predicted molar refractivity (Wildman–Crippen MR) is 140 cm³/mol. The standard InChI is InChI=1S/C28H32N2O5S/c1-3-16-30(2)19-25-18-27(22-14-12-21(20-31)13-15-22)35-28(34-25)23-8-7-9-24(17-23)29-36(32,33)26-10-5-4-6-11-26/h3-15,17,25,27-29,31H,1,16,18-20H2,2H3. The number of nitrogens with zero attached hydrogens (tertiary/aromatic N) is 1. The third-order valence-electron chi connectivity index (χ3n) is 6.04. The van der Waals surface area contributed by atoms with E-state index in [1.165, 1.54) is 0 Å². The summed E-state index contributed by atoms with van der Waals surface area (Å²) in [5, 5.41) is 9.39. The number of likely N-dealkylation sites (N-methyl/N-ethyl adjacent to an activating group) is 1. The van der Waals surface area contributed by atoms with E-state index in [9.17, 15) is 13.5 Å². The summed E-state index contributed by atoms with van der Waals surface area (Å²) in [6.45, 7) is 5.22. The smallest absolute Gasteiger partial charge is 0.261 e. The molecule has 3 atom stereocenters. The van der Waals surface area contributed by atoms with E-state index < -0.39 is 16.3 Å². The zero-order valence-electron chi connectivity index (χ0n) is 20.3. The Morgan fingerprint density at radius 2 is 1.78 bits per heavy atom. The number of rotatable bonds is 10. The minimum absolute atomic E-state index is 0.0157. The molecule has 1 saturated heterocycles. The van der Waals surface area contributed by atoms with E-state index in [2.05, 4.69) is 16.2 Å². The molecular formula is C28H32N2O5S. The summed E-state index contributed by atoms with van der Waals surface area (Å²) in [5.74, 6) is 0. The molecule has 3 aromatic carbocycles. The molecule has 8 heteroatoms. The summed E-state index contributed by atoms with van der Waals surface area (Å²) < 4.78 is 41.0. The van der Waals surface area contributed by atoms with Gasteiger partial charge in [-0.1, -0.05) is 60.7 Å². The second-order valence-corrected chi connectivity index (χ2v) is 10.6. The molecule has 0 amide bonds. The Morgan fingerprint density at radius 3 is 2.47 bits per heavy atom. The lowest BCUT2D eigenvalue weighted by molar-refractivity contribution is -0.252. The summed E-state index contributed by atoms with van der Waals surface area (Å²) in [6, 6.07) is 23.1. The lowest BCUT2D eigenvalue weighted by atomic mass is 9.99. The van der Waals surface area contributed by atoms with E-state index in [1.807, 2.05) is 43.5 Å². The first-order valence-electron chi connectivity index (χ1n) is 11.9. The Kier molecular flexibility index (Phi) is 8.56. The molecule has 3 aromatic rings. The molecule has 7 nitrogen and oxygen atoms in total. The fourth-order valence-electron chi connectivity index (χ4n) is 4.24. The van der Waals surface area contributed by atoms with Crippen molar-refractivity contribution >= 4 is 15.7 Å². The molecule has 1 heterocycles. The highest BCUT2D eigenvalue weighted by Gasteiger charge is 2.33. The van der Waals surface area contributed by atoms with Crippen LogP contribution in [0.2, 0.25) is 0 Å². The van der Waals surface area contributed by atoms with Gasteiger partial charge in [0, 0.05) is 30.8 Å². The Morgan fingerprint density at radius 1 is 1.03 bits per heavy atom. The number of sulfonamides is 1. The molecule has 0 aromatic heterocycles. The predicted octanol–water partition coefficient (Wildman–Crippen LogP) is 4.64. The first-order valence-corrected chi connectivity index (χ1v) is 13.3. The summed E-state index contributed by atoms with van der Waals surface area (Å²) in [7, 11) is -1.71. The van der Waals surface area contributed by atoms with Crippen LogP contribution in [0, 0.1) is 0 Å². The van der Waals surface area contributed by atoms with Crippen LogP contribution in [0.25, 0.3) is 0 Å². The van der Waals surface area contributed by atoms with Gasteiger partial charge in [0.25, 0.3) is 10.0 Å². The van der Waals surface area contributed by atoms with Crippen LogP contribution in [-0.2, 0) is 26.1 Å². The molecule has 0 spiro atoms. The van der Waals surface area contributed by atoms with Crippen LogP contribution in [0.15, 0.2) is 96.4 Å². The average Bonchev–Trinajstić information content (AvgIpc) is 2.89. The lowest BCUT2D eigenvalue weighted by Gasteiger charge is -2.37. The number of anilines is 1. The number of nitrogens with one attached hydrogen (secondary N) is 1. The van der Waals surface area contributed by atoms with Crippen LogP contribution < -0.4 is 4.72 Å². The summed E-state index contributed by atoms with van der Waals surface area (Å²) in [5.41, 5.74) is 2.98. The Balaban J connectivity index is 1.57. The maximum Gasteiger partial charge on any atom is 0.261 e. The quantitative estimate of drug-likeness (QED) is 0.388. The first-order chi connectivity index (χ1) is 17.4. The second kappa shape index (κ2) is 11.8. The highest BCUT2D eigenvalue weighted by molar-refractivity contribution is 7.92. The third-order valence-corrected chi connectivity index (χ3v) is 7.43. The van der Waals surface area contributed by atoms with Crippen LogP contribution in [0.1, 0.15) is 35.5 Å². The summed E-state index contributed by atoms with van der Waals surface area (Å²) in [4.78, 5) is 2.33. The van der Waals surface area contributed by atoms with Crippen molar-refractivity contribution < 1.29 is 23.0 Å². The van der Waals surface area contributed by atoms with E-state index in [0.717, 1.165) is 23.2 Å². The van der Waals surface area contributed by atoms with Crippen molar-refractivity contribution in [2.45, 2.75) is 36.4 Å². The molecule has 190 valence electrons. The first kappa shape index (κ1) is 26.1. The fraction of sp³-hybridized carbons (Fsp3) is 0.286. The molecule has 0 saturated carbocycles. The molecule has 36 heavy (non-hydrogen) atoms. The van der Waals surface area contributed by atoms with Crippen LogP contribution in [0.5, 0.6) is 0 Å². The summed E-state index contributed by atoms with van der Waals surface area (Å²) in [6.07, 6.45) is 1.51. The average molecular weight is 509 g/mol. The molecule has 1 aliphatic heterocycles. The number of hydrogen-bond acceptors (Lipinski definition) is 6. The molecule has 4 rings (SSSR count). The Labute approximate surface area is 213 Å². The highest BCUT2D eigenvalue weighted by Crippen LogP contribution is 2.38.